The van der Waals surface area contributed by atoms with Gasteiger partial charge in [0.25, 0.3) is 5.56 Å². The van der Waals surface area contributed by atoms with Crippen LogP contribution >= 0.6 is 22.7 Å². The predicted octanol–water partition coefficient (Wildman–Crippen LogP) is 4.12. The monoisotopic (exact) mass is 432 g/mol. The molecule has 148 valence electrons. The summed E-state index contributed by atoms with van der Waals surface area (Å²) in [6.07, 6.45) is 1.34. The minimum absolute atomic E-state index is 0.0101. The van der Waals surface area contributed by atoms with Gasteiger partial charge in [-0.25, -0.2) is 18.7 Å². The first kappa shape index (κ1) is 19.3. The summed E-state index contributed by atoms with van der Waals surface area (Å²) in [5.41, 5.74) is 0.801. The first-order chi connectivity index (χ1) is 13.8. The van der Waals surface area contributed by atoms with E-state index in [-0.39, 0.29) is 28.5 Å². The molecular weight excluding hydrogens is 418 g/mol. The zero-order valence-corrected chi connectivity index (χ0v) is 17.0. The molecule has 0 radical (unpaired) electrons. The van der Waals surface area contributed by atoms with Gasteiger partial charge in [-0.2, -0.15) is 0 Å². The molecule has 0 fully saturated rings. The van der Waals surface area contributed by atoms with Crippen molar-refractivity contribution in [1.82, 2.24) is 14.5 Å². The number of aryl methyl sites for hydroxylation is 2. The second-order valence-corrected chi connectivity index (χ2v) is 8.41. The Kier molecular flexibility index (Phi) is 4.97. The van der Waals surface area contributed by atoms with E-state index in [9.17, 15) is 18.4 Å². The number of carbonyl (C=O) groups excluding carboxylic acids is 1. The van der Waals surface area contributed by atoms with Crippen LogP contribution in [0.2, 0.25) is 0 Å². The minimum atomic E-state index is -0.609. The van der Waals surface area contributed by atoms with Gasteiger partial charge in [0.1, 0.15) is 23.0 Å². The third kappa shape index (κ3) is 3.68. The Hall–Kier alpha value is -2.98. The molecule has 0 saturated carbocycles. The molecular formula is C19H14F2N4O2S2. The standard InChI is InChI=1S/C19H14F2N4O2S2/c1-9-10(2)29-17-16(9)18(27)25(8-22-17)6-15(26)24-19-23-14(7-28-19)12-5-11(20)3-4-13(12)21/h3-5,7-8H,6H2,1-2H3,(H,23,24,26). The highest BCUT2D eigenvalue weighted by Gasteiger charge is 2.15. The van der Waals surface area contributed by atoms with E-state index in [4.69, 9.17) is 0 Å². The SMILES string of the molecule is Cc1sc2ncn(CC(=O)Nc3nc(-c4cc(F)ccc4F)cs3)c(=O)c2c1C. The highest BCUT2D eigenvalue weighted by Crippen LogP contribution is 2.28. The maximum Gasteiger partial charge on any atom is 0.262 e. The number of benzene rings is 1. The van der Waals surface area contributed by atoms with E-state index in [0.29, 0.717) is 10.2 Å². The smallest absolute Gasteiger partial charge is 0.262 e. The van der Waals surface area contributed by atoms with Gasteiger partial charge in [-0.05, 0) is 37.6 Å². The Balaban J connectivity index is 1.54. The number of carbonyl (C=O) groups is 1. The molecule has 29 heavy (non-hydrogen) atoms. The lowest BCUT2D eigenvalue weighted by atomic mass is 10.1. The van der Waals surface area contributed by atoms with Crippen LogP contribution in [-0.4, -0.2) is 20.4 Å². The lowest BCUT2D eigenvalue weighted by Crippen LogP contribution is -2.27. The van der Waals surface area contributed by atoms with Crippen molar-refractivity contribution in [2.24, 2.45) is 0 Å². The molecule has 0 saturated heterocycles. The van der Waals surface area contributed by atoms with Crippen molar-refractivity contribution >= 4 is 43.9 Å². The van der Waals surface area contributed by atoms with Crippen molar-refractivity contribution in [3.63, 3.8) is 0 Å². The molecule has 0 aliphatic carbocycles. The van der Waals surface area contributed by atoms with Crippen molar-refractivity contribution in [3.05, 3.63) is 62.3 Å². The van der Waals surface area contributed by atoms with Crippen LogP contribution in [-0.2, 0) is 11.3 Å². The number of nitrogens with zero attached hydrogens (tertiary/aromatic N) is 3. The molecule has 1 amide bonds. The van der Waals surface area contributed by atoms with Gasteiger partial charge >= 0.3 is 0 Å². The third-order valence-electron chi connectivity index (χ3n) is 4.42. The first-order valence-corrected chi connectivity index (χ1v) is 10.2. The minimum Gasteiger partial charge on any atom is -0.300 e. The molecule has 4 aromatic rings. The summed E-state index contributed by atoms with van der Waals surface area (Å²) in [6.45, 7) is 3.53. The number of nitrogens with one attached hydrogen (secondary N) is 1. The molecule has 1 N–H and O–H groups in total. The maximum absolute atomic E-state index is 13.9. The van der Waals surface area contributed by atoms with Crippen molar-refractivity contribution < 1.29 is 13.6 Å². The summed E-state index contributed by atoms with van der Waals surface area (Å²) in [6, 6.07) is 3.08. The van der Waals surface area contributed by atoms with Gasteiger partial charge in [-0.1, -0.05) is 0 Å². The quantitative estimate of drug-likeness (QED) is 0.526. The molecule has 4 rings (SSSR count). The maximum atomic E-state index is 13.9. The van der Waals surface area contributed by atoms with Crippen LogP contribution < -0.4 is 10.9 Å². The number of rotatable bonds is 4. The molecule has 0 spiro atoms. The second kappa shape index (κ2) is 7.45. The van der Waals surface area contributed by atoms with Crippen LogP contribution in [0.15, 0.2) is 34.7 Å². The molecule has 10 heteroatoms. The van der Waals surface area contributed by atoms with Crippen LogP contribution in [0.4, 0.5) is 13.9 Å². The Morgan fingerprint density at radius 3 is 2.86 bits per heavy atom. The van der Waals surface area contributed by atoms with Crippen LogP contribution in [0.25, 0.3) is 21.5 Å². The van der Waals surface area contributed by atoms with Gasteiger partial charge in [0.05, 0.1) is 17.4 Å². The highest BCUT2D eigenvalue weighted by molar-refractivity contribution is 7.18. The molecule has 1 aromatic carbocycles. The Bertz CT molecular complexity index is 1310. The van der Waals surface area contributed by atoms with Gasteiger partial charge in [0, 0.05) is 15.8 Å². The van der Waals surface area contributed by atoms with Crippen molar-refractivity contribution in [1.29, 1.82) is 0 Å². The lowest BCUT2D eigenvalue weighted by Gasteiger charge is -2.05. The van der Waals surface area contributed by atoms with Crippen molar-refractivity contribution in [3.8, 4) is 11.3 Å². The topological polar surface area (TPSA) is 76.9 Å². The third-order valence-corrected chi connectivity index (χ3v) is 6.30. The number of aromatic nitrogens is 3. The van der Waals surface area contributed by atoms with E-state index < -0.39 is 17.5 Å². The average molecular weight is 432 g/mol. The molecule has 3 heterocycles. The largest absolute Gasteiger partial charge is 0.300 e. The molecule has 0 bridgehead atoms. The fourth-order valence-corrected chi connectivity index (χ4v) is 4.56. The normalized spacial score (nSPS) is 11.2. The molecule has 0 unspecified atom stereocenters. The molecule has 3 aromatic heterocycles. The number of thiazole rings is 1. The number of thiophene rings is 1. The molecule has 0 aliphatic rings. The lowest BCUT2D eigenvalue weighted by molar-refractivity contribution is -0.116. The van der Waals surface area contributed by atoms with Gasteiger partial charge in [-0.15, -0.1) is 22.7 Å². The van der Waals surface area contributed by atoms with Crippen LogP contribution in [0.1, 0.15) is 10.4 Å². The Labute approximate surface area is 171 Å². The summed E-state index contributed by atoms with van der Waals surface area (Å²) in [7, 11) is 0. The summed E-state index contributed by atoms with van der Waals surface area (Å²) in [4.78, 5) is 35.1. The van der Waals surface area contributed by atoms with E-state index >= 15 is 0 Å². The second-order valence-electron chi connectivity index (χ2n) is 6.35. The van der Waals surface area contributed by atoms with Gasteiger partial charge in [-0.3, -0.25) is 14.2 Å². The van der Waals surface area contributed by atoms with E-state index in [1.54, 1.807) is 0 Å². The zero-order chi connectivity index (χ0) is 20.7. The number of hydrogen-bond acceptors (Lipinski definition) is 6. The van der Waals surface area contributed by atoms with Crippen LogP contribution in [0.3, 0.4) is 0 Å². The predicted molar refractivity (Wildman–Crippen MR) is 109 cm³/mol. The average Bonchev–Trinajstić information content (AvgIpc) is 3.24. The number of halogens is 2. The Morgan fingerprint density at radius 1 is 1.28 bits per heavy atom. The van der Waals surface area contributed by atoms with Crippen molar-refractivity contribution in [2.75, 3.05) is 5.32 Å². The molecule has 6 nitrogen and oxygen atoms in total. The van der Waals surface area contributed by atoms with E-state index in [0.717, 1.165) is 40.0 Å². The zero-order valence-electron chi connectivity index (χ0n) is 15.3. The number of fused-ring (bicyclic) bond motifs is 1. The fraction of sp³-hybridized carbons (Fsp3) is 0.158. The van der Waals surface area contributed by atoms with Gasteiger partial charge < -0.3 is 5.32 Å². The number of amides is 1. The van der Waals surface area contributed by atoms with E-state index in [1.807, 2.05) is 13.8 Å². The number of anilines is 1. The fourth-order valence-electron chi connectivity index (χ4n) is 2.84. The van der Waals surface area contributed by atoms with E-state index in [1.165, 1.54) is 27.6 Å². The highest BCUT2D eigenvalue weighted by atomic mass is 32.1. The number of hydrogen-bond donors (Lipinski definition) is 1. The Morgan fingerprint density at radius 2 is 2.07 bits per heavy atom. The van der Waals surface area contributed by atoms with Gasteiger partial charge in [0.2, 0.25) is 5.91 Å². The van der Waals surface area contributed by atoms with Crippen LogP contribution in [0.5, 0.6) is 0 Å². The summed E-state index contributed by atoms with van der Waals surface area (Å²) in [5.74, 6) is -1.67. The van der Waals surface area contributed by atoms with Crippen LogP contribution in [0, 0.1) is 25.5 Å². The summed E-state index contributed by atoms with van der Waals surface area (Å²) >= 11 is 2.51. The van der Waals surface area contributed by atoms with Crippen molar-refractivity contribution in [2.45, 2.75) is 20.4 Å². The summed E-state index contributed by atoms with van der Waals surface area (Å²) in [5, 5.41) is 4.83. The summed E-state index contributed by atoms with van der Waals surface area (Å²) < 4.78 is 28.5. The molecule has 0 atom stereocenters. The molecule has 0 aliphatic heterocycles. The first-order valence-electron chi connectivity index (χ1n) is 8.49. The van der Waals surface area contributed by atoms with Gasteiger partial charge in [0.15, 0.2) is 5.13 Å². The van der Waals surface area contributed by atoms with E-state index in [2.05, 4.69) is 15.3 Å².